The molecular weight excluding hydrogens is 238 g/mol. The van der Waals surface area contributed by atoms with Crippen LogP contribution in [0.25, 0.3) is 0 Å². The van der Waals surface area contributed by atoms with Crippen LogP contribution in [0.1, 0.15) is 33.6 Å². The lowest BCUT2D eigenvalue weighted by Gasteiger charge is -2.30. The molecule has 106 valence electrons. The van der Waals surface area contributed by atoms with Gasteiger partial charge in [-0.15, -0.1) is 0 Å². The van der Waals surface area contributed by atoms with Gasteiger partial charge in [0.05, 0.1) is 0 Å². The molecule has 1 atom stereocenters. The minimum atomic E-state index is -0.187. The predicted octanol–water partition coefficient (Wildman–Crippen LogP) is 2.40. The number of rotatable bonds is 7. The van der Waals surface area contributed by atoms with Gasteiger partial charge in [-0.05, 0) is 38.0 Å². The number of nitrogens with two attached hydrogens (primary N) is 1. The lowest BCUT2D eigenvalue weighted by Crippen LogP contribution is -2.45. The largest absolute Gasteiger partial charge is 0.399 e. The number of nitrogens with zero attached hydrogens (tertiary/aromatic N) is 1. The number of hydrogen-bond donors (Lipinski definition) is 2. The minimum absolute atomic E-state index is 0.0673. The van der Waals surface area contributed by atoms with Crippen molar-refractivity contribution in [3.63, 3.8) is 0 Å². The molecule has 1 unspecified atom stereocenters. The topological polar surface area (TPSA) is 58.4 Å². The molecule has 1 amide bonds. The zero-order valence-corrected chi connectivity index (χ0v) is 12.1. The van der Waals surface area contributed by atoms with E-state index >= 15 is 0 Å². The van der Waals surface area contributed by atoms with Crippen molar-refractivity contribution in [3.8, 4) is 0 Å². The van der Waals surface area contributed by atoms with Gasteiger partial charge < -0.3 is 16.0 Å². The van der Waals surface area contributed by atoms with Crippen LogP contribution < -0.4 is 16.0 Å². The summed E-state index contributed by atoms with van der Waals surface area (Å²) in [6.07, 6.45) is 1.94. The van der Waals surface area contributed by atoms with Crippen LogP contribution in [-0.2, 0) is 4.79 Å². The second-order valence-electron chi connectivity index (χ2n) is 4.76. The molecule has 0 saturated carbocycles. The molecule has 0 spiro atoms. The maximum Gasteiger partial charge on any atom is 0.242 e. The Labute approximate surface area is 116 Å². The molecule has 0 aliphatic carbocycles. The Morgan fingerprint density at radius 2 is 2.11 bits per heavy atom. The number of amides is 1. The summed E-state index contributed by atoms with van der Waals surface area (Å²) in [4.78, 5) is 14.2. The molecule has 0 aliphatic rings. The zero-order valence-electron chi connectivity index (χ0n) is 12.1. The van der Waals surface area contributed by atoms with Crippen molar-refractivity contribution in [2.24, 2.45) is 0 Å². The van der Waals surface area contributed by atoms with Crippen molar-refractivity contribution in [3.05, 3.63) is 24.3 Å². The fraction of sp³-hybridized carbons (Fsp3) is 0.533. The molecule has 1 aromatic rings. The van der Waals surface area contributed by atoms with E-state index in [4.69, 9.17) is 5.73 Å². The van der Waals surface area contributed by atoms with Crippen molar-refractivity contribution in [2.45, 2.75) is 39.7 Å². The van der Waals surface area contributed by atoms with Crippen LogP contribution in [0, 0.1) is 0 Å². The molecule has 19 heavy (non-hydrogen) atoms. The van der Waals surface area contributed by atoms with Crippen LogP contribution in [0.3, 0.4) is 0 Å². The summed E-state index contributed by atoms with van der Waals surface area (Å²) in [6.45, 7) is 7.65. The average molecular weight is 263 g/mol. The molecule has 0 saturated heterocycles. The van der Waals surface area contributed by atoms with E-state index < -0.39 is 0 Å². The Morgan fingerprint density at radius 3 is 2.68 bits per heavy atom. The van der Waals surface area contributed by atoms with Gasteiger partial charge >= 0.3 is 0 Å². The van der Waals surface area contributed by atoms with Gasteiger partial charge in [0.25, 0.3) is 0 Å². The van der Waals surface area contributed by atoms with Crippen molar-refractivity contribution in [1.29, 1.82) is 0 Å². The molecule has 1 rings (SSSR count). The van der Waals surface area contributed by atoms with Gasteiger partial charge in [0, 0.05) is 24.5 Å². The highest BCUT2D eigenvalue weighted by molar-refractivity contribution is 5.85. The second-order valence-corrected chi connectivity index (χ2v) is 4.76. The first kappa shape index (κ1) is 15.3. The van der Waals surface area contributed by atoms with Crippen LogP contribution in [0.2, 0.25) is 0 Å². The van der Waals surface area contributed by atoms with E-state index in [1.807, 2.05) is 38.1 Å². The molecule has 0 bridgehead atoms. The van der Waals surface area contributed by atoms with Gasteiger partial charge in [-0.25, -0.2) is 0 Å². The lowest BCUT2D eigenvalue weighted by molar-refractivity contribution is -0.122. The van der Waals surface area contributed by atoms with Gasteiger partial charge in [0.1, 0.15) is 6.04 Å². The zero-order chi connectivity index (χ0) is 14.3. The number of hydrogen-bond acceptors (Lipinski definition) is 3. The first-order valence-corrected chi connectivity index (χ1v) is 7.00. The summed E-state index contributed by atoms with van der Waals surface area (Å²) in [5.41, 5.74) is 7.54. The molecule has 1 aromatic carbocycles. The molecular formula is C15H25N3O. The molecule has 0 heterocycles. The standard InChI is InChI=1S/C15H25N3O/c1-4-9-17-15(19)12(3)18(10-5-2)14-8-6-7-13(16)11-14/h6-8,11-12H,4-5,9-10,16H2,1-3H3,(H,17,19). The van der Waals surface area contributed by atoms with Crippen LogP contribution in [0.5, 0.6) is 0 Å². The monoisotopic (exact) mass is 263 g/mol. The van der Waals surface area contributed by atoms with Crippen LogP contribution >= 0.6 is 0 Å². The summed E-state index contributed by atoms with van der Waals surface area (Å²) < 4.78 is 0. The van der Waals surface area contributed by atoms with E-state index in [1.165, 1.54) is 0 Å². The molecule has 0 aliphatic heterocycles. The van der Waals surface area contributed by atoms with E-state index in [0.717, 1.165) is 37.3 Å². The Bertz CT molecular complexity index is 406. The van der Waals surface area contributed by atoms with Gasteiger partial charge in [-0.2, -0.15) is 0 Å². The average Bonchev–Trinajstić information content (AvgIpc) is 2.41. The SMILES string of the molecule is CCCNC(=O)C(C)N(CCC)c1cccc(N)c1. The number of benzene rings is 1. The summed E-state index contributed by atoms with van der Waals surface area (Å²) in [6, 6.07) is 7.50. The van der Waals surface area contributed by atoms with Crippen molar-refractivity contribution in [2.75, 3.05) is 23.7 Å². The van der Waals surface area contributed by atoms with E-state index in [9.17, 15) is 4.79 Å². The third-order valence-corrected chi connectivity index (χ3v) is 3.06. The van der Waals surface area contributed by atoms with Crippen LogP contribution in [0.4, 0.5) is 11.4 Å². The van der Waals surface area contributed by atoms with Crippen molar-refractivity contribution >= 4 is 17.3 Å². The quantitative estimate of drug-likeness (QED) is 0.743. The molecule has 3 N–H and O–H groups in total. The molecule has 0 fully saturated rings. The first-order valence-electron chi connectivity index (χ1n) is 7.00. The van der Waals surface area contributed by atoms with Crippen LogP contribution in [-0.4, -0.2) is 25.0 Å². The molecule has 4 nitrogen and oxygen atoms in total. The molecule has 0 aromatic heterocycles. The Kier molecular flexibility index (Phi) is 6.19. The molecule has 4 heteroatoms. The predicted molar refractivity (Wildman–Crippen MR) is 81.3 cm³/mol. The molecule has 0 radical (unpaired) electrons. The summed E-state index contributed by atoms with van der Waals surface area (Å²) in [5.74, 6) is 0.0673. The Morgan fingerprint density at radius 1 is 1.37 bits per heavy atom. The van der Waals surface area contributed by atoms with Gasteiger partial charge in [-0.3, -0.25) is 4.79 Å². The minimum Gasteiger partial charge on any atom is -0.399 e. The first-order chi connectivity index (χ1) is 9.10. The number of carbonyl (C=O) groups excluding carboxylic acids is 1. The number of nitrogen functional groups attached to an aromatic ring is 1. The van der Waals surface area contributed by atoms with Gasteiger partial charge in [-0.1, -0.05) is 19.9 Å². The van der Waals surface area contributed by atoms with E-state index in [1.54, 1.807) is 0 Å². The smallest absolute Gasteiger partial charge is 0.242 e. The van der Waals surface area contributed by atoms with E-state index in [0.29, 0.717) is 0 Å². The van der Waals surface area contributed by atoms with Gasteiger partial charge in [0.15, 0.2) is 0 Å². The van der Waals surface area contributed by atoms with Crippen LogP contribution in [0.15, 0.2) is 24.3 Å². The number of anilines is 2. The second kappa shape index (κ2) is 7.67. The summed E-state index contributed by atoms with van der Waals surface area (Å²) in [5, 5.41) is 2.94. The highest BCUT2D eigenvalue weighted by atomic mass is 16.2. The normalized spacial score (nSPS) is 11.9. The third-order valence-electron chi connectivity index (χ3n) is 3.06. The van der Waals surface area contributed by atoms with E-state index in [-0.39, 0.29) is 11.9 Å². The van der Waals surface area contributed by atoms with Crippen molar-refractivity contribution in [1.82, 2.24) is 5.32 Å². The Hall–Kier alpha value is -1.71. The summed E-state index contributed by atoms with van der Waals surface area (Å²) in [7, 11) is 0. The van der Waals surface area contributed by atoms with Crippen molar-refractivity contribution < 1.29 is 4.79 Å². The maximum atomic E-state index is 12.1. The summed E-state index contributed by atoms with van der Waals surface area (Å²) >= 11 is 0. The number of carbonyl (C=O) groups is 1. The Balaban J connectivity index is 2.84. The lowest BCUT2D eigenvalue weighted by atomic mass is 10.2. The van der Waals surface area contributed by atoms with E-state index in [2.05, 4.69) is 17.1 Å². The fourth-order valence-corrected chi connectivity index (χ4v) is 2.03. The maximum absolute atomic E-state index is 12.1. The number of nitrogens with one attached hydrogen (secondary N) is 1. The fourth-order valence-electron chi connectivity index (χ4n) is 2.03. The third kappa shape index (κ3) is 4.47. The highest BCUT2D eigenvalue weighted by Crippen LogP contribution is 2.20. The van der Waals surface area contributed by atoms with Gasteiger partial charge in [0.2, 0.25) is 5.91 Å². The highest BCUT2D eigenvalue weighted by Gasteiger charge is 2.20.